The Balaban J connectivity index is 1.85. The molecule has 1 fully saturated rings. The summed E-state index contributed by atoms with van der Waals surface area (Å²) >= 11 is 1.76. The van der Waals surface area contributed by atoms with E-state index < -0.39 is 0 Å². The monoisotopic (exact) mass is 240 g/mol. The van der Waals surface area contributed by atoms with E-state index >= 15 is 0 Å². The third-order valence-electron chi connectivity index (χ3n) is 3.02. The topological polar surface area (TPSA) is 34.1 Å². The largest absolute Gasteiger partial charge is 0.381 e. The van der Waals surface area contributed by atoms with Crippen molar-refractivity contribution < 1.29 is 4.74 Å². The summed E-state index contributed by atoms with van der Waals surface area (Å²) in [4.78, 5) is 4.55. The molecule has 0 aromatic carbocycles. The normalized spacial score (nSPS) is 22.5. The van der Waals surface area contributed by atoms with Crippen molar-refractivity contribution in [3.05, 3.63) is 16.1 Å². The molecule has 0 amide bonds. The zero-order valence-corrected chi connectivity index (χ0v) is 10.8. The van der Waals surface area contributed by atoms with Crippen LogP contribution in [0.4, 0.5) is 0 Å². The van der Waals surface area contributed by atoms with Crippen LogP contribution in [0.25, 0.3) is 0 Å². The van der Waals surface area contributed by atoms with Gasteiger partial charge in [-0.3, -0.25) is 0 Å². The second-order valence-corrected chi connectivity index (χ2v) is 5.32. The first kappa shape index (κ1) is 12.0. The predicted octanol–water partition coefficient (Wildman–Crippen LogP) is 2.53. The Morgan fingerprint density at radius 3 is 3.12 bits per heavy atom. The van der Waals surface area contributed by atoms with Gasteiger partial charge in [0.05, 0.1) is 12.6 Å². The van der Waals surface area contributed by atoms with E-state index in [0.717, 1.165) is 31.9 Å². The van der Waals surface area contributed by atoms with Crippen LogP contribution in [-0.4, -0.2) is 24.7 Å². The molecule has 0 spiro atoms. The van der Waals surface area contributed by atoms with Crippen molar-refractivity contribution in [2.75, 3.05) is 19.8 Å². The molecule has 16 heavy (non-hydrogen) atoms. The van der Waals surface area contributed by atoms with Crippen LogP contribution in [-0.2, 0) is 4.74 Å². The highest BCUT2D eigenvalue weighted by atomic mass is 32.1. The fourth-order valence-electron chi connectivity index (χ4n) is 1.99. The van der Waals surface area contributed by atoms with Gasteiger partial charge in [0, 0.05) is 24.2 Å². The molecule has 2 rings (SSSR count). The molecule has 4 heteroatoms. The molecular weight excluding hydrogens is 220 g/mol. The lowest BCUT2D eigenvalue weighted by molar-refractivity contribution is 0.184. The molecule has 1 aliphatic rings. The molecule has 1 aromatic rings. The minimum atomic E-state index is 0.416. The number of nitrogens with zero attached hydrogens (tertiary/aromatic N) is 1. The average molecular weight is 240 g/mol. The van der Waals surface area contributed by atoms with E-state index in [9.17, 15) is 0 Å². The second kappa shape index (κ2) is 5.75. The quantitative estimate of drug-likeness (QED) is 0.859. The lowest BCUT2D eigenvalue weighted by atomic mass is 10.1. The third-order valence-corrected chi connectivity index (χ3v) is 4.10. The summed E-state index contributed by atoms with van der Waals surface area (Å²) in [6.07, 6.45) is 2.29. The van der Waals surface area contributed by atoms with Gasteiger partial charge in [-0.25, -0.2) is 4.98 Å². The summed E-state index contributed by atoms with van der Waals surface area (Å²) in [6.45, 7) is 7.16. The van der Waals surface area contributed by atoms with Crippen LogP contribution in [0.1, 0.15) is 36.5 Å². The summed E-state index contributed by atoms with van der Waals surface area (Å²) < 4.78 is 5.38. The van der Waals surface area contributed by atoms with Gasteiger partial charge in [0.25, 0.3) is 0 Å². The molecule has 1 saturated heterocycles. The molecule has 0 radical (unpaired) electrons. The Hall–Kier alpha value is -0.450. The minimum Gasteiger partial charge on any atom is -0.381 e. The number of thiazole rings is 1. The Morgan fingerprint density at radius 2 is 2.56 bits per heavy atom. The number of aryl methyl sites for hydroxylation is 1. The summed E-state index contributed by atoms with van der Waals surface area (Å²) in [6, 6.07) is 0.416. The van der Waals surface area contributed by atoms with Gasteiger partial charge in [0.15, 0.2) is 0 Å². The predicted molar refractivity (Wildman–Crippen MR) is 66.8 cm³/mol. The van der Waals surface area contributed by atoms with Gasteiger partial charge in [0.1, 0.15) is 5.01 Å². The molecule has 3 nitrogen and oxygen atoms in total. The maximum Gasteiger partial charge on any atom is 0.110 e. The highest BCUT2D eigenvalue weighted by Gasteiger charge is 2.18. The summed E-state index contributed by atoms with van der Waals surface area (Å²) in [5.41, 5.74) is 1.13. The smallest absolute Gasteiger partial charge is 0.110 e. The standard InChI is InChI=1S/C12H20N2OS/c1-3-11(12-14-9(2)8-16-12)13-6-10-4-5-15-7-10/h8,10-11,13H,3-7H2,1-2H3. The molecule has 2 unspecified atom stereocenters. The van der Waals surface area contributed by atoms with E-state index in [0.29, 0.717) is 12.0 Å². The summed E-state index contributed by atoms with van der Waals surface area (Å²) in [7, 11) is 0. The van der Waals surface area contributed by atoms with E-state index in [1.54, 1.807) is 11.3 Å². The van der Waals surface area contributed by atoms with Gasteiger partial charge >= 0.3 is 0 Å². The van der Waals surface area contributed by atoms with Gasteiger partial charge in [-0.2, -0.15) is 0 Å². The third kappa shape index (κ3) is 3.03. The van der Waals surface area contributed by atoms with E-state index in [1.807, 2.05) is 0 Å². The molecule has 2 atom stereocenters. The average Bonchev–Trinajstić information content (AvgIpc) is 2.91. The number of hydrogen-bond donors (Lipinski definition) is 1. The van der Waals surface area contributed by atoms with Crippen LogP contribution in [0.15, 0.2) is 5.38 Å². The fourth-order valence-corrected chi connectivity index (χ4v) is 2.95. The van der Waals surface area contributed by atoms with Gasteiger partial charge in [-0.15, -0.1) is 11.3 Å². The lowest BCUT2D eigenvalue weighted by Crippen LogP contribution is -2.27. The highest BCUT2D eigenvalue weighted by Crippen LogP contribution is 2.21. The molecule has 1 aromatic heterocycles. The number of rotatable bonds is 5. The molecule has 2 heterocycles. The minimum absolute atomic E-state index is 0.416. The van der Waals surface area contributed by atoms with Crippen molar-refractivity contribution in [1.29, 1.82) is 0 Å². The maximum absolute atomic E-state index is 5.38. The molecular formula is C12H20N2OS. The molecule has 1 aliphatic heterocycles. The van der Waals surface area contributed by atoms with Crippen LogP contribution in [0.2, 0.25) is 0 Å². The van der Waals surface area contributed by atoms with Crippen molar-refractivity contribution in [1.82, 2.24) is 10.3 Å². The second-order valence-electron chi connectivity index (χ2n) is 4.43. The van der Waals surface area contributed by atoms with Gasteiger partial charge < -0.3 is 10.1 Å². The summed E-state index contributed by atoms with van der Waals surface area (Å²) in [5.74, 6) is 0.690. The van der Waals surface area contributed by atoms with Crippen molar-refractivity contribution >= 4 is 11.3 Å². The number of aromatic nitrogens is 1. The van der Waals surface area contributed by atoms with Gasteiger partial charge in [-0.1, -0.05) is 6.92 Å². The number of hydrogen-bond acceptors (Lipinski definition) is 4. The van der Waals surface area contributed by atoms with Crippen LogP contribution in [0.3, 0.4) is 0 Å². The zero-order chi connectivity index (χ0) is 11.4. The van der Waals surface area contributed by atoms with Crippen LogP contribution < -0.4 is 5.32 Å². The first-order chi connectivity index (χ1) is 7.79. The summed E-state index contributed by atoms with van der Waals surface area (Å²) in [5, 5.41) is 6.95. The Bertz CT molecular complexity index is 321. The molecule has 0 saturated carbocycles. The number of nitrogens with one attached hydrogen (secondary N) is 1. The van der Waals surface area contributed by atoms with Crippen molar-refractivity contribution in [3.63, 3.8) is 0 Å². The van der Waals surface area contributed by atoms with E-state index in [2.05, 4.69) is 29.5 Å². The number of ether oxygens (including phenoxy) is 1. The molecule has 90 valence electrons. The van der Waals surface area contributed by atoms with E-state index in [1.165, 1.54) is 11.4 Å². The SMILES string of the molecule is CCC(NCC1CCOC1)c1nc(C)cs1. The first-order valence-electron chi connectivity index (χ1n) is 6.02. The zero-order valence-electron chi connectivity index (χ0n) is 10.0. The van der Waals surface area contributed by atoms with Gasteiger partial charge in [-0.05, 0) is 25.7 Å². The molecule has 0 aliphatic carbocycles. The first-order valence-corrected chi connectivity index (χ1v) is 6.90. The van der Waals surface area contributed by atoms with Crippen LogP contribution >= 0.6 is 11.3 Å². The molecule has 0 bridgehead atoms. The van der Waals surface area contributed by atoms with E-state index in [4.69, 9.17) is 4.74 Å². The van der Waals surface area contributed by atoms with Crippen LogP contribution in [0.5, 0.6) is 0 Å². The van der Waals surface area contributed by atoms with E-state index in [-0.39, 0.29) is 0 Å². The fraction of sp³-hybridized carbons (Fsp3) is 0.750. The molecule has 1 N–H and O–H groups in total. The maximum atomic E-state index is 5.38. The Morgan fingerprint density at radius 1 is 1.69 bits per heavy atom. The van der Waals surface area contributed by atoms with Crippen molar-refractivity contribution in [3.8, 4) is 0 Å². The Labute approximate surface area is 101 Å². The van der Waals surface area contributed by atoms with Gasteiger partial charge in [0.2, 0.25) is 0 Å². The lowest BCUT2D eigenvalue weighted by Gasteiger charge is -2.16. The van der Waals surface area contributed by atoms with Crippen molar-refractivity contribution in [2.45, 2.75) is 32.7 Å². The Kier molecular flexibility index (Phi) is 4.32. The highest BCUT2D eigenvalue weighted by molar-refractivity contribution is 7.09. The van der Waals surface area contributed by atoms with Crippen LogP contribution in [0, 0.1) is 12.8 Å². The van der Waals surface area contributed by atoms with Crippen molar-refractivity contribution in [2.24, 2.45) is 5.92 Å².